The van der Waals surface area contributed by atoms with Gasteiger partial charge < -0.3 is 26.0 Å². The predicted molar refractivity (Wildman–Crippen MR) is 184 cm³/mol. The van der Waals surface area contributed by atoms with Crippen LogP contribution >= 0.6 is 0 Å². The molecule has 0 bridgehead atoms. The molecule has 2 spiro atoms. The molecule has 0 aromatic carbocycles. The van der Waals surface area contributed by atoms with Gasteiger partial charge >= 0.3 is 0 Å². The second kappa shape index (κ2) is 13.4. The summed E-state index contributed by atoms with van der Waals surface area (Å²) in [6.45, 7) is 16.3. The first-order valence-electron chi connectivity index (χ1n) is 18.9. The van der Waals surface area contributed by atoms with Gasteiger partial charge in [-0.25, -0.2) is 0 Å². The normalized spacial score (nSPS) is 31.1. The molecule has 5 atom stereocenters. The lowest BCUT2D eigenvalue weighted by Crippen LogP contribution is -2.55. The Kier molecular flexibility index (Phi) is 9.78. The van der Waals surface area contributed by atoms with Crippen LogP contribution in [0.2, 0.25) is 0 Å². The Hall–Kier alpha value is -2.55. The molecular formula is C38H61N5O4. The van der Waals surface area contributed by atoms with Crippen LogP contribution in [0, 0.1) is 22.2 Å². The van der Waals surface area contributed by atoms with E-state index in [9.17, 15) is 19.5 Å². The second-order valence-corrected chi connectivity index (χ2v) is 16.5. The van der Waals surface area contributed by atoms with Gasteiger partial charge in [-0.3, -0.25) is 19.3 Å². The number of nitrogens with zero attached hydrogens (tertiary/aromatic N) is 2. The maximum absolute atomic E-state index is 14.1. The van der Waals surface area contributed by atoms with Crippen molar-refractivity contribution in [3.8, 4) is 0 Å². The van der Waals surface area contributed by atoms with E-state index in [0.717, 1.165) is 63.6 Å². The lowest BCUT2D eigenvalue weighted by atomic mass is 9.73. The van der Waals surface area contributed by atoms with Gasteiger partial charge in [0.25, 0.3) is 0 Å². The highest BCUT2D eigenvalue weighted by Gasteiger charge is 2.85. The smallest absolute Gasteiger partial charge is 0.243 e. The zero-order valence-electron chi connectivity index (χ0n) is 29.4. The minimum atomic E-state index is -0.635. The van der Waals surface area contributed by atoms with Crippen molar-refractivity contribution in [3.63, 3.8) is 0 Å². The Balaban J connectivity index is 1.15. The molecule has 2 aliphatic heterocycles. The standard InChI is InChI=1S/C38H61N5O4/c1-6-13-29(26(3)44)41-34(46)31-22-38(36(4,5)37(38)19-12-20-37)24-43(31)32(45)23-39-35(47)33(27-14-8-7-9-15-27)40-25(2)30-16-10-11-21-42(30)28-17-18-28/h27-31,33,40,44H,2-3,6-24H2,1,4-5H3,(H,39,47)(H,41,46)/t29-,30-,31+,33+,38?/m1/s1. The largest absolute Gasteiger partial charge is 0.511 e. The topological polar surface area (TPSA) is 114 Å². The van der Waals surface area contributed by atoms with Crippen LogP contribution in [0.3, 0.4) is 0 Å². The van der Waals surface area contributed by atoms with E-state index >= 15 is 0 Å². The minimum absolute atomic E-state index is 0.0439. The van der Waals surface area contributed by atoms with E-state index in [2.05, 4.69) is 47.9 Å². The number of hydrogen-bond donors (Lipinski definition) is 4. The van der Waals surface area contributed by atoms with Gasteiger partial charge in [-0.15, -0.1) is 0 Å². The van der Waals surface area contributed by atoms with E-state index in [1.54, 1.807) is 4.90 Å². The Morgan fingerprint density at radius 3 is 2.19 bits per heavy atom. The highest BCUT2D eigenvalue weighted by atomic mass is 16.3. The monoisotopic (exact) mass is 651 g/mol. The van der Waals surface area contributed by atoms with Crippen LogP contribution in [0.1, 0.15) is 124 Å². The molecule has 4 saturated carbocycles. The molecule has 6 rings (SSSR count). The number of amides is 3. The number of aliphatic hydroxyl groups excluding tert-OH is 1. The molecule has 47 heavy (non-hydrogen) atoms. The van der Waals surface area contributed by atoms with Crippen LogP contribution in [0.15, 0.2) is 24.6 Å². The van der Waals surface area contributed by atoms with Crippen LogP contribution < -0.4 is 16.0 Å². The predicted octanol–water partition coefficient (Wildman–Crippen LogP) is 5.33. The van der Waals surface area contributed by atoms with Gasteiger partial charge in [0.2, 0.25) is 17.7 Å². The Bertz CT molecular complexity index is 1230. The summed E-state index contributed by atoms with van der Waals surface area (Å²) in [6.07, 6.45) is 16.8. The zero-order valence-corrected chi connectivity index (χ0v) is 29.4. The van der Waals surface area contributed by atoms with Gasteiger partial charge in [-0.1, -0.05) is 72.5 Å². The van der Waals surface area contributed by atoms with Gasteiger partial charge in [0, 0.05) is 29.7 Å². The summed E-state index contributed by atoms with van der Waals surface area (Å²) in [5.41, 5.74) is 1.06. The number of hydrogen-bond acceptors (Lipinski definition) is 6. The van der Waals surface area contributed by atoms with Crippen molar-refractivity contribution in [1.82, 2.24) is 25.8 Å². The SMILES string of the molecule is C=C(N[C@H](C(=O)NCC(=O)N1CC2(C[C@H]1C(=O)N[C@H](CCC)C(=C)O)C(C)(C)C21CCC1)C1CCCCC1)[C@H]1CCCCN1C1CC1. The number of fused-ring (bicyclic) bond motifs is 1. The molecule has 9 nitrogen and oxygen atoms in total. The van der Waals surface area contributed by atoms with E-state index in [1.807, 2.05) is 6.92 Å². The van der Waals surface area contributed by atoms with Crippen molar-refractivity contribution < 1.29 is 19.5 Å². The Labute approximate surface area is 282 Å². The average Bonchev–Trinajstić information content (AvgIpc) is 3.89. The molecule has 4 N–H and O–H groups in total. The number of carbonyl (C=O) groups excluding carboxylic acids is 3. The molecule has 4 aliphatic carbocycles. The van der Waals surface area contributed by atoms with Crippen molar-refractivity contribution in [2.24, 2.45) is 22.2 Å². The third-order valence-electron chi connectivity index (χ3n) is 13.9. The summed E-state index contributed by atoms with van der Waals surface area (Å²) in [5.74, 6) is -0.447. The molecule has 0 radical (unpaired) electrons. The molecule has 262 valence electrons. The van der Waals surface area contributed by atoms with E-state index in [4.69, 9.17) is 0 Å². The van der Waals surface area contributed by atoms with E-state index in [0.29, 0.717) is 25.4 Å². The van der Waals surface area contributed by atoms with Crippen LogP contribution in [0.4, 0.5) is 0 Å². The van der Waals surface area contributed by atoms with E-state index in [1.165, 1.54) is 38.5 Å². The summed E-state index contributed by atoms with van der Waals surface area (Å²) >= 11 is 0. The average molecular weight is 652 g/mol. The summed E-state index contributed by atoms with van der Waals surface area (Å²) in [5, 5.41) is 19.8. The lowest BCUT2D eigenvalue weighted by molar-refractivity contribution is -0.139. The number of piperidine rings is 1. The number of rotatable bonds is 13. The fraction of sp³-hybridized carbons (Fsp3) is 0.816. The number of likely N-dealkylation sites (tertiary alicyclic amines) is 2. The molecule has 6 aliphatic rings. The Morgan fingerprint density at radius 2 is 1.60 bits per heavy atom. The zero-order chi connectivity index (χ0) is 33.6. The minimum Gasteiger partial charge on any atom is -0.511 e. The molecule has 2 saturated heterocycles. The first kappa shape index (κ1) is 34.3. The number of carbonyl (C=O) groups is 3. The van der Waals surface area contributed by atoms with Crippen molar-refractivity contribution in [3.05, 3.63) is 24.6 Å². The van der Waals surface area contributed by atoms with Gasteiger partial charge in [0.15, 0.2) is 0 Å². The van der Waals surface area contributed by atoms with Crippen molar-refractivity contribution in [2.75, 3.05) is 19.6 Å². The highest BCUT2D eigenvalue weighted by Crippen LogP contribution is 2.88. The molecule has 3 amide bonds. The molecule has 6 fully saturated rings. The van der Waals surface area contributed by atoms with E-state index in [-0.39, 0.29) is 58.2 Å². The maximum atomic E-state index is 14.1. The van der Waals surface area contributed by atoms with Gasteiger partial charge in [-0.2, -0.15) is 0 Å². The molecule has 0 aromatic heterocycles. The van der Waals surface area contributed by atoms with Gasteiger partial charge in [-0.05, 0) is 87.5 Å². The van der Waals surface area contributed by atoms with E-state index < -0.39 is 18.1 Å². The summed E-state index contributed by atoms with van der Waals surface area (Å²) in [4.78, 5) is 46.2. The van der Waals surface area contributed by atoms with Gasteiger partial charge in [0.1, 0.15) is 17.8 Å². The van der Waals surface area contributed by atoms with Gasteiger partial charge in [0.05, 0.1) is 12.6 Å². The molecular weight excluding hydrogens is 590 g/mol. The van der Waals surface area contributed by atoms with Crippen molar-refractivity contribution >= 4 is 17.7 Å². The summed E-state index contributed by atoms with van der Waals surface area (Å²) < 4.78 is 0. The van der Waals surface area contributed by atoms with Crippen LogP contribution in [0.5, 0.6) is 0 Å². The fourth-order valence-electron chi connectivity index (χ4n) is 10.7. The molecule has 0 aromatic rings. The van der Waals surface area contributed by atoms with Crippen molar-refractivity contribution in [2.45, 2.75) is 154 Å². The van der Waals surface area contributed by atoms with Crippen LogP contribution in [-0.2, 0) is 14.4 Å². The second-order valence-electron chi connectivity index (χ2n) is 16.5. The third-order valence-corrected chi connectivity index (χ3v) is 13.9. The third kappa shape index (κ3) is 6.12. The fourth-order valence-corrected chi connectivity index (χ4v) is 10.7. The lowest BCUT2D eigenvalue weighted by Gasteiger charge is -2.39. The number of aliphatic hydroxyl groups is 1. The molecule has 9 heteroatoms. The quantitative estimate of drug-likeness (QED) is 0.201. The van der Waals surface area contributed by atoms with Crippen LogP contribution in [-0.4, -0.2) is 82.5 Å². The first-order valence-corrected chi connectivity index (χ1v) is 18.9. The maximum Gasteiger partial charge on any atom is 0.243 e. The first-order chi connectivity index (χ1) is 22.5. The van der Waals surface area contributed by atoms with Crippen molar-refractivity contribution in [1.29, 1.82) is 0 Å². The molecule has 2 heterocycles. The summed E-state index contributed by atoms with van der Waals surface area (Å²) in [7, 11) is 0. The Morgan fingerprint density at radius 1 is 0.894 bits per heavy atom. The summed E-state index contributed by atoms with van der Waals surface area (Å²) in [6, 6.07) is -0.696. The molecule has 1 unspecified atom stereocenters. The van der Waals surface area contributed by atoms with Crippen LogP contribution in [0.25, 0.3) is 0 Å². The highest BCUT2D eigenvalue weighted by molar-refractivity contribution is 5.92. The number of nitrogens with one attached hydrogen (secondary N) is 3.